The maximum atomic E-state index is 10.9. The highest BCUT2D eigenvalue weighted by molar-refractivity contribution is 7.13. The Hall–Kier alpha value is -3.42. The molecule has 2 N–H and O–H groups in total. The first-order valence-corrected chi connectivity index (χ1v) is 7.63. The number of aromatic nitrogens is 1. The van der Waals surface area contributed by atoms with E-state index in [-0.39, 0.29) is 4.88 Å². The van der Waals surface area contributed by atoms with Crippen molar-refractivity contribution in [2.24, 2.45) is 0 Å². The Bertz CT molecular complexity index is 871. The van der Waals surface area contributed by atoms with E-state index in [4.69, 9.17) is 15.6 Å². The molecule has 0 aliphatic heterocycles. The van der Waals surface area contributed by atoms with E-state index in [1.54, 1.807) is 36.6 Å². The maximum Gasteiger partial charge on any atom is 0.347 e. The highest BCUT2D eigenvalue weighted by Gasteiger charge is 2.14. The fourth-order valence-corrected chi connectivity index (χ4v) is 2.64. The number of allylic oxidation sites excluding steroid dienone is 1. The molecule has 1 unspecified atom stereocenters. The van der Waals surface area contributed by atoms with Gasteiger partial charge in [-0.1, -0.05) is 12.1 Å². The largest absolute Gasteiger partial charge is 0.477 e. The zero-order chi connectivity index (χ0) is 17.4. The summed E-state index contributed by atoms with van der Waals surface area (Å²) in [6.07, 6.45) is 7.64. The normalized spacial score (nSPS) is 11.9. The van der Waals surface area contributed by atoms with Crippen molar-refractivity contribution in [2.75, 3.05) is 0 Å². The lowest BCUT2D eigenvalue weighted by Gasteiger charge is -2.09. The molecule has 0 radical (unpaired) electrons. The molecule has 1 atom stereocenters. The minimum atomic E-state index is -1.04. The van der Waals surface area contributed by atoms with Gasteiger partial charge in [-0.25, -0.2) is 9.78 Å². The number of benzene rings is 1. The van der Waals surface area contributed by atoms with Crippen LogP contribution in [-0.2, 0) is 0 Å². The van der Waals surface area contributed by atoms with Gasteiger partial charge in [0.05, 0.1) is 29.9 Å². The average Bonchev–Trinajstić information content (AvgIpc) is 3.08. The monoisotopic (exact) mass is 336 g/mol. The topological polar surface area (TPSA) is 110 Å². The van der Waals surface area contributed by atoms with Gasteiger partial charge < -0.3 is 10.4 Å². The first-order chi connectivity index (χ1) is 11.6. The lowest BCUT2D eigenvalue weighted by molar-refractivity contribution is 0.0702. The van der Waals surface area contributed by atoms with E-state index in [2.05, 4.69) is 16.4 Å². The van der Waals surface area contributed by atoms with E-state index in [1.807, 2.05) is 12.1 Å². The molecular weight excluding hydrogens is 324 g/mol. The molecule has 1 aromatic carbocycles. The summed E-state index contributed by atoms with van der Waals surface area (Å²) in [5.41, 5.74) is 1.40. The van der Waals surface area contributed by atoms with E-state index < -0.39 is 12.0 Å². The van der Waals surface area contributed by atoms with Crippen molar-refractivity contribution in [2.45, 2.75) is 6.04 Å². The number of nitriles is 2. The molecule has 118 valence electrons. The predicted octanol–water partition coefficient (Wildman–Crippen LogP) is 3.09. The lowest BCUT2D eigenvalue weighted by atomic mass is 10.1. The molecule has 1 aromatic heterocycles. The van der Waals surface area contributed by atoms with Gasteiger partial charge in [0.25, 0.3) is 0 Å². The SMILES string of the molecule is N#C/C=C/C(N/C=C/c1cccc(C#N)c1)c1ncc(C(=O)O)s1. The first-order valence-electron chi connectivity index (χ1n) is 6.82. The number of nitrogens with one attached hydrogen (secondary N) is 1. The van der Waals surface area contributed by atoms with Crippen molar-refractivity contribution in [3.63, 3.8) is 0 Å². The molecule has 1 heterocycles. The fourth-order valence-electron chi connectivity index (χ4n) is 1.84. The summed E-state index contributed by atoms with van der Waals surface area (Å²) in [4.78, 5) is 15.2. The van der Waals surface area contributed by atoms with Gasteiger partial charge in [-0.05, 0) is 36.0 Å². The van der Waals surface area contributed by atoms with Crippen LogP contribution in [0.3, 0.4) is 0 Å². The molecular formula is C17H12N4O2S. The van der Waals surface area contributed by atoms with Gasteiger partial charge in [-0.2, -0.15) is 10.5 Å². The van der Waals surface area contributed by atoms with Crippen molar-refractivity contribution < 1.29 is 9.90 Å². The van der Waals surface area contributed by atoms with E-state index in [0.717, 1.165) is 16.9 Å². The number of carboxylic acids is 1. The Morgan fingerprint density at radius 1 is 1.42 bits per heavy atom. The van der Waals surface area contributed by atoms with E-state index >= 15 is 0 Å². The van der Waals surface area contributed by atoms with Crippen LogP contribution in [-0.4, -0.2) is 16.1 Å². The number of carboxylic acid groups (broad SMARTS) is 1. The first kappa shape index (κ1) is 16.9. The Balaban J connectivity index is 2.15. The molecule has 0 amide bonds. The smallest absolute Gasteiger partial charge is 0.347 e. The molecule has 24 heavy (non-hydrogen) atoms. The van der Waals surface area contributed by atoms with Crippen LogP contribution < -0.4 is 5.32 Å². The maximum absolute atomic E-state index is 10.9. The van der Waals surface area contributed by atoms with Gasteiger partial charge in [0.1, 0.15) is 9.88 Å². The molecule has 0 saturated carbocycles. The van der Waals surface area contributed by atoms with Crippen molar-refractivity contribution in [1.82, 2.24) is 10.3 Å². The van der Waals surface area contributed by atoms with Crippen LogP contribution in [0.5, 0.6) is 0 Å². The van der Waals surface area contributed by atoms with Crippen LogP contribution in [0.2, 0.25) is 0 Å². The Labute approximate surface area is 142 Å². The van der Waals surface area contributed by atoms with E-state index in [1.165, 1.54) is 12.3 Å². The van der Waals surface area contributed by atoms with Crippen LogP contribution >= 0.6 is 11.3 Å². The van der Waals surface area contributed by atoms with Gasteiger partial charge in [-0.3, -0.25) is 0 Å². The van der Waals surface area contributed by atoms with Crippen LogP contribution in [0.25, 0.3) is 6.08 Å². The minimum Gasteiger partial charge on any atom is -0.477 e. The zero-order valence-corrected chi connectivity index (χ0v) is 13.2. The van der Waals surface area contributed by atoms with E-state index in [0.29, 0.717) is 10.6 Å². The molecule has 6 nitrogen and oxygen atoms in total. The summed E-state index contributed by atoms with van der Waals surface area (Å²) < 4.78 is 0. The number of hydrogen-bond acceptors (Lipinski definition) is 6. The zero-order valence-electron chi connectivity index (χ0n) is 12.4. The third-order valence-electron chi connectivity index (χ3n) is 2.93. The molecule has 0 spiro atoms. The summed E-state index contributed by atoms with van der Waals surface area (Å²) in [7, 11) is 0. The second kappa shape index (κ2) is 8.28. The average molecular weight is 336 g/mol. The summed E-state index contributed by atoms with van der Waals surface area (Å²) in [6, 6.07) is 10.6. The highest BCUT2D eigenvalue weighted by atomic mass is 32.1. The third kappa shape index (κ3) is 4.54. The van der Waals surface area contributed by atoms with Crippen LogP contribution in [0, 0.1) is 22.7 Å². The van der Waals surface area contributed by atoms with Crippen LogP contribution in [0.1, 0.15) is 31.8 Å². The standard InChI is InChI=1S/C17H12N4O2S/c18-7-2-5-14(16-21-11-15(24-16)17(22)23)20-8-6-12-3-1-4-13(9-12)10-19/h1-6,8-9,11,14,20H,(H,22,23)/b5-2+,8-6+. The molecule has 0 aliphatic carbocycles. The molecule has 0 fully saturated rings. The van der Waals surface area contributed by atoms with Gasteiger partial charge in [-0.15, -0.1) is 11.3 Å². The Morgan fingerprint density at radius 3 is 2.92 bits per heavy atom. The number of rotatable bonds is 6. The van der Waals surface area contributed by atoms with Crippen molar-refractivity contribution >= 4 is 23.4 Å². The van der Waals surface area contributed by atoms with E-state index in [9.17, 15) is 4.79 Å². The summed E-state index contributed by atoms with van der Waals surface area (Å²) >= 11 is 1.04. The fraction of sp³-hybridized carbons (Fsp3) is 0.0588. The van der Waals surface area contributed by atoms with Gasteiger partial charge in [0.2, 0.25) is 0 Å². The number of aromatic carboxylic acids is 1. The van der Waals surface area contributed by atoms with Gasteiger partial charge >= 0.3 is 5.97 Å². The summed E-state index contributed by atoms with van der Waals surface area (Å²) in [6.45, 7) is 0. The third-order valence-corrected chi connectivity index (χ3v) is 4.00. The molecule has 2 rings (SSSR count). The molecule has 0 aliphatic rings. The summed E-state index contributed by atoms with van der Waals surface area (Å²) in [5.74, 6) is -1.04. The number of hydrogen-bond donors (Lipinski definition) is 2. The molecule has 0 bridgehead atoms. The number of carbonyl (C=O) groups is 1. The second-order valence-electron chi connectivity index (χ2n) is 4.57. The minimum absolute atomic E-state index is 0.132. The quantitative estimate of drug-likeness (QED) is 0.784. The molecule has 0 saturated heterocycles. The Kier molecular flexibility index (Phi) is 5.84. The predicted molar refractivity (Wildman–Crippen MR) is 89.9 cm³/mol. The second-order valence-corrected chi connectivity index (χ2v) is 5.63. The van der Waals surface area contributed by atoms with Crippen LogP contribution in [0.15, 0.2) is 48.8 Å². The van der Waals surface area contributed by atoms with Gasteiger partial charge in [0.15, 0.2) is 0 Å². The lowest BCUT2D eigenvalue weighted by Crippen LogP contribution is -2.12. The highest BCUT2D eigenvalue weighted by Crippen LogP contribution is 2.21. The van der Waals surface area contributed by atoms with Crippen molar-refractivity contribution in [3.05, 3.63) is 69.8 Å². The molecule has 2 aromatic rings. The molecule has 7 heteroatoms. The summed E-state index contributed by atoms with van der Waals surface area (Å²) in [5, 5.41) is 30.1. The Morgan fingerprint density at radius 2 is 2.25 bits per heavy atom. The van der Waals surface area contributed by atoms with Crippen molar-refractivity contribution in [1.29, 1.82) is 10.5 Å². The van der Waals surface area contributed by atoms with Gasteiger partial charge in [0, 0.05) is 6.08 Å². The number of nitrogens with zero attached hydrogens (tertiary/aromatic N) is 3. The van der Waals surface area contributed by atoms with Crippen molar-refractivity contribution in [3.8, 4) is 12.1 Å². The van der Waals surface area contributed by atoms with Crippen LogP contribution in [0.4, 0.5) is 0 Å². The number of thiazole rings is 1.